The molecule has 0 bridgehead atoms. The molecule has 0 radical (unpaired) electrons. The third-order valence-corrected chi connectivity index (χ3v) is 4.33. The van der Waals surface area contributed by atoms with Crippen LogP contribution in [0.25, 0.3) is 0 Å². The zero-order valence-corrected chi connectivity index (χ0v) is 15.3. The number of nitrogens with zero attached hydrogens (tertiary/aromatic N) is 2. The number of nitro benzene ring substituents is 1. The lowest BCUT2D eigenvalue weighted by Gasteiger charge is -2.24. The first kappa shape index (κ1) is 20.3. The number of carbonyl (C=O) groups is 3. The fourth-order valence-corrected chi connectivity index (χ4v) is 2.90. The van der Waals surface area contributed by atoms with Crippen molar-refractivity contribution in [3.63, 3.8) is 0 Å². The summed E-state index contributed by atoms with van der Waals surface area (Å²) < 4.78 is 9.73. The molecule has 146 valence electrons. The van der Waals surface area contributed by atoms with Gasteiger partial charge in [-0.1, -0.05) is 12.8 Å². The van der Waals surface area contributed by atoms with Crippen molar-refractivity contribution in [2.75, 3.05) is 20.2 Å². The minimum absolute atomic E-state index is 0.148. The maximum Gasteiger partial charge on any atom is 0.339 e. The molecule has 2 rings (SSSR count). The Labute approximate surface area is 156 Å². The number of hydrogen-bond donors (Lipinski definition) is 0. The van der Waals surface area contributed by atoms with Crippen LogP contribution in [0.3, 0.4) is 0 Å². The Morgan fingerprint density at radius 3 is 2.11 bits per heavy atom. The fourth-order valence-electron chi connectivity index (χ4n) is 2.90. The van der Waals surface area contributed by atoms with Crippen LogP contribution >= 0.6 is 0 Å². The van der Waals surface area contributed by atoms with Crippen LogP contribution in [0.2, 0.25) is 0 Å². The molecule has 0 spiro atoms. The summed E-state index contributed by atoms with van der Waals surface area (Å²) in [5, 5.41) is 11.0. The molecule has 1 heterocycles. The molecule has 1 aliphatic heterocycles. The zero-order valence-electron chi connectivity index (χ0n) is 15.3. The van der Waals surface area contributed by atoms with Crippen LogP contribution in [0.5, 0.6) is 0 Å². The number of likely N-dealkylation sites (tertiary alicyclic amines) is 1. The van der Waals surface area contributed by atoms with Gasteiger partial charge in [0.1, 0.15) is 0 Å². The number of methoxy groups -OCH3 is 1. The third kappa shape index (κ3) is 5.25. The molecule has 1 saturated heterocycles. The van der Waals surface area contributed by atoms with E-state index in [1.807, 2.05) is 0 Å². The van der Waals surface area contributed by atoms with E-state index in [2.05, 4.69) is 4.74 Å². The van der Waals surface area contributed by atoms with E-state index in [1.165, 1.54) is 6.92 Å². The molecule has 27 heavy (non-hydrogen) atoms. The highest BCUT2D eigenvalue weighted by molar-refractivity contribution is 5.97. The molecule has 1 aromatic rings. The normalized spacial score (nSPS) is 15.4. The second-order valence-electron chi connectivity index (χ2n) is 6.30. The molecule has 9 heteroatoms. The summed E-state index contributed by atoms with van der Waals surface area (Å²) >= 11 is 0. The standard InChI is InChI=1S/C18H22N2O7/c1-12(16(21)19-7-5-3-4-6-8-19)27-18(23)14-9-13(17(22)26-2)10-15(11-14)20(24)25/h9-12H,3-8H2,1-2H3. The number of carbonyl (C=O) groups excluding carboxylic acids is 3. The average molecular weight is 378 g/mol. The van der Waals surface area contributed by atoms with E-state index in [4.69, 9.17) is 4.74 Å². The molecule has 9 nitrogen and oxygen atoms in total. The number of esters is 2. The fraction of sp³-hybridized carbons (Fsp3) is 0.500. The zero-order chi connectivity index (χ0) is 20.0. The Balaban J connectivity index is 2.16. The number of benzene rings is 1. The SMILES string of the molecule is COC(=O)c1cc(C(=O)OC(C)C(=O)N2CCCCCC2)cc([N+](=O)[O-])c1. The van der Waals surface area contributed by atoms with Gasteiger partial charge >= 0.3 is 11.9 Å². The Morgan fingerprint density at radius 2 is 1.59 bits per heavy atom. The van der Waals surface area contributed by atoms with E-state index < -0.39 is 28.7 Å². The number of hydrogen-bond acceptors (Lipinski definition) is 7. The first-order valence-corrected chi connectivity index (χ1v) is 8.71. The molecular weight excluding hydrogens is 356 g/mol. The summed E-state index contributed by atoms with van der Waals surface area (Å²) in [5.74, 6) is -2.04. The van der Waals surface area contributed by atoms with E-state index in [1.54, 1.807) is 4.90 Å². The van der Waals surface area contributed by atoms with Crippen LogP contribution < -0.4 is 0 Å². The van der Waals surface area contributed by atoms with Gasteiger partial charge in [0.2, 0.25) is 0 Å². The molecule has 1 aliphatic rings. The van der Waals surface area contributed by atoms with Crippen LogP contribution in [0, 0.1) is 10.1 Å². The molecular formula is C18H22N2O7. The van der Waals surface area contributed by atoms with Gasteiger partial charge in [0.25, 0.3) is 11.6 Å². The molecule has 1 atom stereocenters. The van der Waals surface area contributed by atoms with Crippen molar-refractivity contribution in [3.8, 4) is 0 Å². The topological polar surface area (TPSA) is 116 Å². The minimum Gasteiger partial charge on any atom is -0.465 e. The van der Waals surface area contributed by atoms with Crippen molar-refractivity contribution < 1.29 is 28.8 Å². The highest BCUT2D eigenvalue weighted by Crippen LogP contribution is 2.20. The Kier molecular flexibility index (Phi) is 6.86. The Morgan fingerprint density at radius 1 is 1.04 bits per heavy atom. The smallest absolute Gasteiger partial charge is 0.339 e. The largest absolute Gasteiger partial charge is 0.465 e. The molecule has 0 aliphatic carbocycles. The number of non-ortho nitro benzene ring substituents is 1. The highest BCUT2D eigenvalue weighted by Gasteiger charge is 2.26. The van der Waals surface area contributed by atoms with Crippen LogP contribution in [-0.4, -0.2) is 54.0 Å². The molecule has 0 saturated carbocycles. The van der Waals surface area contributed by atoms with Crippen molar-refractivity contribution in [2.24, 2.45) is 0 Å². The lowest BCUT2D eigenvalue weighted by Crippen LogP contribution is -2.40. The summed E-state index contributed by atoms with van der Waals surface area (Å²) in [7, 11) is 1.13. The van der Waals surface area contributed by atoms with E-state index in [-0.39, 0.29) is 17.0 Å². The van der Waals surface area contributed by atoms with Gasteiger partial charge in [-0.05, 0) is 25.8 Å². The average Bonchev–Trinajstić information content (AvgIpc) is 2.95. The van der Waals surface area contributed by atoms with E-state index >= 15 is 0 Å². The predicted octanol–water partition coefficient (Wildman–Crippen LogP) is 2.33. The molecule has 0 N–H and O–H groups in total. The van der Waals surface area contributed by atoms with Gasteiger partial charge in [0.15, 0.2) is 6.10 Å². The Bertz CT molecular complexity index is 739. The van der Waals surface area contributed by atoms with Crippen molar-refractivity contribution in [1.29, 1.82) is 0 Å². The second-order valence-corrected chi connectivity index (χ2v) is 6.30. The van der Waals surface area contributed by atoms with Gasteiger partial charge in [-0.3, -0.25) is 14.9 Å². The predicted molar refractivity (Wildman–Crippen MR) is 94.4 cm³/mol. The van der Waals surface area contributed by atoms with Crippen LogP contribution in [0.1, 0.15) is 53.3 Å². The highest BCUT2D eigenvalue weighted by atomic mass is 16.6. The third-order valence-electron chi connectivity index (χ3n) is 4.33. The van der Waals surface area contributed by atoms with Crippen molar-refractivity contribution in [2.45, 2.75) is 38.7 Å². The van der Waals surface area contributed by atoms with E-state index in [0.717, 1.165) is 51.0 Å². The second kappa shape index (κ2) is 9.11. The summed E-state index contributed by atoms with van der Waals surface area (Å²) in [6.07, 6.45) is 2.89. The molecule has 1 unspecified atom stereocenters. The first-order valence-electron chi connectivity index (χ1n) is 8.71. The van der Waals surface area contributed by atoms with Crippen LogP contribution in [0.4, 0.5) is 5.69 Å². The van der Waals surface area contributed by atoms with Crippen LogP contribution in [-0.2, 0) is 14.3 Å². The van der Waals surface area contributed by atoms with Gasteiger partial charge in [-0.25, -0.2) is 9.59 Å². The van der Waals surface area contributed by atoms with Crippen molar-refractivity contribution >= 4 is 23.5 Å². The number of amides is 1. The number of ether oxygens (including phenoxy) is 2. The summed E-state index contributed by atoms with van der Waals surface area (Å²) in [5.41, 5.74) is -0.790. The summed E-state index contributed by atoms with van der Waals surface area (Å²) in [4.78, 5) is 48.5. The first-order chi connectivity index (χ1) is 12.8. The lowest BCUT2D eigenvalue weighted by atomic mass is 10.1. The molecule has 1 aromatic carbocycles. The van der Waals surface area contributed by atoms with E-state index in [9.17, 15) is 24.5 Å². The van der Waals surface area contributed by atoms with Crippen LogP contribution in [0.15, 0.2) is 18.2 Å². The van der Waals surface area contributed by atoms with Gasteiger partial charge in [0.05, 0.1) is 23.2 Å². The van der Waals surface area contributed by atoms with Gasteiger partial charge < -0.3 is 14.4 Å². The molecule has 0 aromatic heterocycles. The molecule has 1 amide bonds. The quantitative estimate of drug-likeness (QED) is 0.438. The summed E-state index contributed by atoms with van der Waals surface area (Å²) in [6, 6.07) is 3.15. The minimum atomic E-state index is -1.03. The maximum absolute atomic E-state index is 12.5. The van der Waals surface area contributed by atoms with Crippen molar-refractivity contribution in [3.05, 3.63) is 39.4 Å². The summed E-state index contributed by atoms with van der Waals surface area (Å²) in [6.45, 7) is 2.69. The monoisotopic (exact) mass is 378 g/mol. The number of rotatable bonds is 5. The lowest BCUT2D eigenvalue weighted by molar-refractivity contribution is -0.384. The number of nitro groups is 1. The van der Waals surface area contributed by atoms with Gasteiger partial charge in [-0.2, -0.15) is 0 Å². The van der Waals surface area contributed by atoms with Gasteiger partial charge in [0, 0.05) is 25.2 Å². The van der Waals surface area contributed by atoms with Crippen molar-refractivity contribution in [1.82, 2.24) is 4.90 Å². The van der Waals surface area contributed by atoms with E-state index in [0.29, 0.717) is 13.1 Å². The molecule has 1 fully saturated rings. The van der Waals surface area contributed by atoms with Gasteiger partial charge in [-0.15, -0.1) is 0 Å². The maximum atomic E-state index is 12.5. The Hall–Kier alpha value is -2.97.